The lowest BCUT2D eigenvalue weighted by molar-refractivity contribution is 0.0864. The van der Waals surface area contributed by atoms with Gasteiger partial charge in [0, 0.05) is 19.1 Å². The molecule has 1 saturated heterocycles. The summed E-state index contributed by atoms with van der Waals surface area (Å²) in [6, 6.07) is 0.274. The van der Waals surface area contributed by atoms with Gasteiger partial charge in [-0.05, 0) is 6.42 Å². The number of halogens is 1. The van der Waals surface area contributed by atoms with Gasteiger partial charge < -0.3 is 14.8 Å². The predicted octanol–water partition coefficient (Wildman–Crippen LogP) is 1.45. The first-order valence-corrected chi connectivity index (χ1v) is 6.93. The summed E-state index contributed by atoms with van der Waals surface area (Å²) in [5.74, 6) is 1.55. The Balaban J connectivity index is 1.67. The molecule has 9 heteroatoms. The minimum Gasteiger partial charge on any atom is -0.467 e. The maximum atomic E-state index is 6.07. The normalized spacial score (nSPS) is 21.4. The van der Waals surface area contributed by atoms with Crippen LogP contribution in [0.2, 0.25) is 5.02 Å². The largest absolute Gasteiger partial charge is 0.467 e. The summed E-state index contributed by atoms with van der Waals surface area (Å²) in [4.78, 5) is 12.3. The van der Waals surface area contributed by atoms with Gasteiger partial charge in [0.05, 0.1) is 13.3 Å². The van der Waals surface area contributed by atoms with Crippen LogP contribution in [0.3, 0.4) is 0 Å². The molecule has 8 nitrogen and oxygen atoms in total. The van der Waals surface area contributed by atoms with Gasteiger partial charge in [-0.1, -0.05) is 11.6 Å². The van der Waals surface area contributed by atoms with Crippen molar-refractivity contribution in [1.29, 1.82) is 0 Å². The molecule has 0 aliphatic carbocycles. The SMILES string of the molecule is COc1ncc(Cl)c(NC[C@@H]2CCO[C@@H]2c2ncn[nH]2)n1. The van der Waals surface area contributed by atoms with E-state index in [4.69, 9.17) is 21.1 Å². The molecule has 2 aromatic heterocycles. The molecule has 0 saturated carbocycles. The molecule has 3 heterocycles. The first-order chi connectivity index (χ1) is 10.3. The quantitative estimate of drug-likeness (QED) is 0.862. The second kappa shape index (κ2) is 6.23. The van der Waals surface area contributed by atoms with Crippen molar-refractivity contribution in [2.75, 3.05) is 25.6 Å². The molecule has 1 aliphatic rings. The molecular formula is C12H15ClN6O2. The lowest BCUT2D eigenvalue weighted by Crippen LogP contribution is -2.19. The van der Waals surface area contributed by atoms with Crippen LogP contribution in [0.4, 0.5) is 5.82 Å². The average molecular weight is 311 g/mol. The van der Waals surface area contributed by atoms with E-state index in [0.717, 1.165) is 12.2 Å². The van der Waals surface area contributed by atoms with Crippen molar-refractivity contribution in [2.24, 2.45) is 5.92 Å². The molecule has 1 aliphatic heterocycles. The Morgan fingerprint density at radius 2 is 2.43 bits per heavy atom. The molecule has 21 heavy (non-hydrogen) atoms. The molecule has 0 spiro atoms. The van der Waals surface area contributed by atoms with Crippen LogP contribution in [0.5, 0.6) is 6.01 Å². The third-order valence-corrected chi connectivity index (χ3v) is 3.63. The van der Waals surface area contributed by atoms with Gasteiger partial charge in [-0.3, -0.25) is 5.10 Å². The highest BCUT2D eigenvalue weighted by atomic mass is 35.5. The molecule has 0 aromatic carbocycles. The van der Waals surface area contributed by atoms with E-state index in [0.29, 0.717) is 24.0 Å². The molecule has 112 valence electrons. The van der Waals surface area contributed by atoms with E-state index >= 15 is 0 Å². The summed E-state index contributed by atoms with van der Waals surface area (Å²) in [5, 5.41) is 10.4. The summed E-state index contributed by atoms with van der Waals surface area (Å²) in [5.41, 5.74) is 0. The van der Waals surface area contributed by atoms with Gasteiger partial charge in [0.15, 0.2) is 11.6 Å². The van der Waals surface area contributed by atoms with Gasteiger partial charge >= 0.3 is 6.01 Å². The van der Waals surface area contributed by atoms with E-state index in [2.05, 4.69) is 30.5 Å². The molecule has 0 bridgehead atoms. The number of rotatable bonds is 5. The van der Waals surface area contributed by atoms with E-state index < -0.39 is 0 Å². The lowest BCUT2D eigenvalue weighted by atomic mass is 10.0. The van der Waals surface area contributed by atoms with Crippen molar-refractivity contribution in [3.63, 3.8) is 0 Å². The molecule has 0 amide bonds. The Hall–Kier alpha value is -1.93. The number of nitrogens with one attached hydrogen (secondary N) is 2. The second-order valence-corrected chi connectivity index (χ2v) is 5.05. The predicted molar refractivity (Wildman–Crippen MR) is 75.3 cm³/mol. The van der Waals surface area contributed by atoms with Crippen LogP contribution in [0, 0.1) is 5.92 Å². The Kier molecular flexibility index (Phi) is 4.16. The molecule has 2 N–H and O–H groups in total. The van der Waals surface area contributed by atoms with E-state index in [-0.39, 0.29) is 18.0 Å². The Labute approximate surface area is 126 Å². The van der Waals surface area contributed by atoms with Crippen LogP contribution < -0.4 is 10.1 Å². The lowest BCUT2D eigenvalue weighted by Gasteiger charge is -2.17. The van der Waals surface area contributed by atoms with E-state index in [1.807, 2.05) is 0 Å². The maximum Gasteiger partial charge on any atom is 0.318 e. The fraction of sp³-hybridized carbons (Fsp3) is 0.500. The number of anilines is 1. The summed E-state index contributed by atoms with van der Waals surface area (Å²) in [6.07, 6.45) is 3.82. The van der Waals surface area contributed by atoms with Crippen molar-refractivity contribution in [3.05, 3.63) is 23.4 Å². The summed E-state index contributed by atoms with van der Waals surface area (Å²) >= 11 is 6.07. The number of H-pyrrole nitrogens is 1. The second-order valence-electron chi connectivity index (χ2n) is 4.65. The maximum absolute atomic E-state index is 6.07. The number of hydrogen-bond donors (Lipinski definition) is 2. The Bertz CT molecular complexity index is 593. The number of aromatic nitrogens is 5. The van der Waals surface area contributed by atoms with Crippen LogP contribution in [-0.2, 0) is 4.74 Å². The average Bonchev–Trinajstić information content (AvgIpc) is 3.17. The minimum atomic E-state index is -0.0949. The Morgan fingerprint density at radius 1 is 1.52 bits per heavy atom. The zero-order valence-corrected chi connectivity index (χ0v) is 12.2. The molecule has 2 aromatic rings. The highest BCUT2D eigenvalue weighted by Crippen LogP contribution is 2.33. The molecular weight excluding hydrogens is 296 g/mol. The zero-order chi connectivity index (χ0) is 14.7. The first-order valence-electron chi connectivity index (χ1n) is 6.55. The van der Waals surface area contributed by atoms with E-state index in [1.54, 1.807) is 0 Å². The van der Waals surface area contributed by atoms with Gasteiger partial charge in [0.25, 0.3) is 0 Å². The third-order valence-electron chi connectivity index (χ3n) is 3.35. The summed E-state index contributed by atoms with van der Waals surface area (Å²) in [6.45, 7) is 1.35. The molecule has 0 radical (unpaired) electrons. The molecule has 2 atom stereocenters. The summed E-state index contributed by atoms with van der Waals surface area (Å²) < 4.78 is 10.7. The molecule has 3 rings (SSSR count). The zero-order valence-electron chi connectivity index (χ0n) is 11.4. The first kappa shape index (κ1) is 14.0. The highest BCUT2D eigenvalue weighted by Gasteiger charge is 2.31. The fourth-order valence-corrected chi connectivity index (χ4v) is 2.46. The highest BCUT2D eigenvalue weighted by molar-refractivity contribution is 6.32. The van der Waals surface area contributed by atoms with Crippen LogP contribution in [0.15, 0.2) is 12.5 Å². The van der Waals surface area contributed by atoms with E-state index in [1.165, 1.54) is 19.6 Å². The van der Waals surface area contributed by atoms with Crippen LogP contribution in [0.1, 0.15) is 18.3 Å². The number of nitrogens with zero attached hydrogens (tertiary/aromatic N) is 4. The monoisotopic (exact) mass is 310 g/mol. The van der Waals surface area contributed by atoms with Crippen LogP contribution in [-0.4, -0.2) is 45.4 Å². The van der Waals surface area contributed by atoms with Crippen LogP contribution in [0.25, 0.3) is 0 Å². The third kappa shape index (κ3) is 3.06. The standard InChI is InChI=1S/C12H15ClN6O2/c1-20-12-15-5-8(13)10(18-12)14-4-7-2-3-21-9(7)11-16-6-17-19-11/h5-7,9H,2-4H2,1H3,(H,14,15,18)(H,16,17,19)/t7-,9-/m0/s1. The smallest absolute Gasteiger partial charge is 0.318 e. The van der Waals surface area contributed by atoms with Crippen molar-refractivity contribution in [1.82, 2.24) is 25.1 Å². The fourth-order valence-electron chi connectivity index (χ4n) is 2.30. The minimum absolute atomic E-state index is 0.0949. The van der Waals surface area contributed by atoms with Gasteiger partial charge in [-0.15, -0.1) is 0 Å². The molecule has 0 unspecified atom stereocenters. The number of methoxy groups -OCH3 is 1. The van der Waals surface area contributed by atoms with Crippen molar-refractivity contribution in [3.8, 4) is 6.01 Å². The number of ether oxygens (including phenoxy) is 2. The van der Waals surface area contributed by atoms with Crippen molar-refractivity contribution in [2.45, 2.75) is 12.5 Å². The van der Waals surface area contributed by atoms with Gasteiger partial charge in [-0.25, -0.2) is 9.97 Å². The van der Waals surface area contributed by atoms with Crippen molar-refractivity contribution < 1.29 is 9.47 Å². The van der Waals surface area contributed by atoms with E-state index in [9.17, 15) is 0 Å². The van der Waals surface area contributed by atoms with Gasteiger partial charge in [0.2, 0.25) is 0 Å². The Morgan fingerprint density at radius 3 is 3.19 bits per heavy atom. The van der Waals surface area contributed by atoms with Crippen LogP contribution >= 0.6 is 11.6 Å². The number of hydrogen-bond acceptors (Lipinski definition) is 7. The van der Waals surface area contributed by atoms with Crippen molar-refractivity contribution >= 4 is 17.4 Å². The van der Waals surface area contributed by atoms with Gasteiger partial charge in [-0.2, -0.15) is 10.1 Å². The number of aromatic amines is 1. The van der Waals surface area contributed by atoms with Gasteiger partial charge in [0.1, 0.15) is 17.5 Å². The summed E-state index contributed by atoms with van der Waals surface area (Å²) in [7, 11) is 1.51. The molecule has 1 fully saturated rings. The topological polar surface area (TPSA) is 97.8 Å².